The summed E-state index contributed by atoms with van der Waals surface area (Å²) in [4.78, 5) is 43.2. The fourth-order valence-corrected chi connectivity index (χ4v) is 4.24. The van der Waals surface area contributed by atoms with E-state index in [4.69, 9.17) is 27.9 Å². The van der Waals surface area contributed by atoms with E-state index < -0.39 is 20.7 Å². The average molecular weight is 623 g/mol. The van der Waals surface area contributed by atoms with Crippen LogP contribution in [0.3, 0.4) is 0 Å². The second kappa shape index (κ2) is 14.9. The molecule has 0 heterocycles. The van der Waals surface area contributed by atoms with Crippen molar-refractivity contribution in [2.24, 2.45) is 0 Å². The lowest BCUT2D eigenvalue weighted by molar-refractivity contribution is -0.392. The highest BCUT2D eigenvalue weighted by molar-refractivity contribution is 6.35. The Kier molecular flexibility index (Phi) is 12.0. The molecule has 0 saturated heterocycles. The van der Waals surface area contributed by atoms with Gasteiger partial charge in [0.2, 0.25) is 0 Å². The monoisotopic (exact) mass is 622 g/mol. The van der Waals surface area contributed by atoms with Gasteiger partial charge in [-0.25, -0.2) is 4.79 Å². The van der Waals surface area contributed by atoms with Crippen molar-refractivity contribution in [1.29, 1.82) is 0 Å². The number of hydrogen-bond donors (Lipinski definition) is 1. The number of nitrogens with one attached hydrogen (secondary N) is 1. The van der Waals surface area contributed by atoms with Crippen LogP contribution >= 0.6 is 23.2 Å². The van der Waals surface area contributed by atoms with E-state index in [0.717, 1.165) is 26.0 Å². The van der Waals surface area contributed by atoms with E-state index in [1.54, 1.807) is 26.0 Å². The summed E-state index contributed by atoms with van der Waals surface area (Å²) in [6.45, 7) is 7.10. The third-order valence-electron chi connectivity index (χ3n) is 6.20. The van der Waals surface area contributed by atoms with Crippen molar-refractivity contribution in [1.82, 2.24) is 0 Å². The zero-order valence-electron chi connectivity index (χ0n) is 23.3. The Bertz CT molecular complexity index is 1510. The molecule has 0 atom stereocenters. The first kappa shape index (κ1) is 33.7. The topological polar surface area (TPSA) is 177 Å². The summed E-state index contributed by atoms with van der Waals surface area (Å²) in [5.41, 5.74) is -0.0313. The number of carbonyl (C=O) groups is 1. The maximum Gasteiger partial charge on any atom is 0.345 e. The minimum Gasteiger partial charge on any atom is -0.465 e. The van der Waals surface area contributed by atoms with Gasteiger partial charge in [-0.15, -0.1) is 0 Å². The fourth-order valence-electron chi connectivity index (χ4n) is 3.79. The molecular weight excluding hydrogens is 595 g/mol. The Labute approximate surface area is 250 Å². The first-order valence-electron chi connectivity index (χ1n) is 12.4. The van der Waals surface area contributed by atoms with Gasteiger partial charge in [0.25, 0.3) is 11.4 Å². The van der Waals surface area contributed by atoms with Crippen LogP contribution in [0.15, 0.2) is 42.5 Å². The molecule has 3 aromatic carbocycles. The molecule has 3 rings (SSSR count). The van der Waals surface area contributed by atoms with Crippen molar-refractivity contribution >= 4 is 51.9 Å². The standard InChI is InChI=1S/C14H9Cl2NO5.C13H19N3O4/c1-21-14(18)10-7-9(3-4-12(10)17(19)20)22-13-5-2-8(15)6-11(13)16;1-5-10(6-2)14-12-11(15(17)18)7-8(3)9(4)13(12)16(19)20/h2-7H,1H3;7,10,14H,5-6H2,1-4H3. The number of nitro groups is 3. The first-order chi connectivity index (χ1) is 19.7. The Morgan fingerprint density at radius 3 is 2.02 bits per heavy atom. The predicted octanol–water partition coefficient (Wildman–Crippen LogP) is 8.20. The number of anilines is 1. The Balaban J connectivity index is 0.000000295. The van der Waals surface area contributed by atoms with Crippen LogP contribution in [0.25, 0.3) is 0 Å². The van der Waals surface area contributed by atoms with Crippen molar-refractivity contribution in [3.05, 3.63) is 99.5 Å². The molecule has 0 fully saturated rings. The summed E-state index contributed by atoms with van der Waals surface area (Å²) < 4.78 is 10.0. The van der Waals surface area contributed by atoms with Gasteiger partial charge in [0.15, 0.2) is 5.69 Å². The number of aryl methyl sites for hydroxylation is 1. The van der Waals surface area contributed by atoms with E-state index in [2.05, 4.69) is 10.1 Å². The lowest BCUT2D eigenvalue weighted by Crippen LogP contribution is -2.19. The maximum absolute atomic E-state index is 11.6. The number of nitro benzene ring substituents is 3. The molecule has 42 heavy (non-hydrogen) atoms. The van der Waals surface area contributed by atoms with E-state index in [9.17, 15) is 35.1 Å². The van der Waals surface area contributed by atoms with Crippen molar-refractivity contribution in [3.63, 3.8) is 0 Å². The summed E-state index contributed by atoms with van der Waals surface area (Å²) >= 11 is 11.8. The second-order valence-corrected chi connectivity index (χ2v) is 9.68. The molecular formula is C27H28Cl2N4O9. The van der Waals surface area contributed by atoms with Crippen LogP contribution < -0.4 is 10.1 Å². The minimum atomic E-state index is -0.834. The smallest absolute Gasteiger partial charge is 0.345 e. The van der Waals surface area contributed by atoms with Crippen molar-refractivity contribution < 1.29 is 29.0 Å². The zero-order valence-corrected chi connectivity index (χ0v) is 24.8. The number of halogens is 2. The third kappa shape index (κ3) is 8.27. The summed E-state index contributed by atoms with van der Waals surface area (Å²) in [5.74, 6) is -0.328. The molecule has 0 spiro atoms. The molecule has 3 aromatic rings. The van der Waals surface area contributed by atoms with Crippen LogP contribution in [-0.2, 0) is 4.74 Å². The second-order valence-electron chi connectivity index (χ2n) is 8.84. The Morgan fingerprint density at radius 1 is 0.905 bits per heavy atom. The normalized spacial score (nSPS) is 10.4. The molecule has 0 aromatic heterocycles. The molecule has 224 valence electrons. The molecule has 0 aliphatic carbocycles. The largest absolute Gasteiger partial charge is 0.465 e. The van der Waals surface area contributed by atoms with Crippen LogP contribution in [0.4, 0.5) is 22.7 Å². The van der Waals surface area contributed by atoms with Gasteiger partial charge in [-0.1, -0.05) is 37.0 Å². The molecule has 0 radical (unpaired) electrons. The number of rotatable bonds is 10. The number of esters is 1. The third-order valence-corrected chi connectivity index (χ3v) is 6.73. The van der Waals surface area contributed by atoms with Crippen molar-refractivity contribution in [2.75, 3.05) is 12.4 Å². The molecule has 0 amide bonds. The van der Waals surface area contributed by atoms with Gasteiger partial charge in [-0.05, 0) is 56.5 Å². The molecule has 1 N–H and O–H groups in total. The summed E-state index contributed by atoms with van der Waals surface area (Å²) in [6.07, 6.45) is 1.47. The Hall–Kier alpha value is -4.49. The first-order valence-corrected chi connectivity index (χ1v) is 13.2. The van der Waals surface area contributed by atoms with Gasteiger partial charge in [-0.3, -0.25) is 30.3 Å². The highest BCUT2D eigenvalue weighted by Crippen LogP contribution is 2.40. The quantitative estimate of drug-likeness (QED) is 0.131. The van der Waals surface area contributed by atoms with E-state index in [1.807, 2.05) is 13.8 Å². The van der Waals surface area contributed by atoms with E-state index in [-0.39, 0.29) is 45.1 Å². The molecule has 15 heteroatoms. The minimum absolute atomic E-state index is 0.0109. The average Bonchev–Trinajstić information content (AvgIpc) is 2.94. The van der Waals surface area contributed by atoms with Crippen LogP contribution in [-0.4, -0.2) is 33.9 Å². The van der Waals surface area contributed by atoms with Crippen molar-refractivity contribution in [2.45, 2.75) is 46.6 Å². The summed E-state index contributed by atoms with van der Waals surface area (Å²) in [5, 5.41) is 37.0. The van der Waals surface area contributed by atoms with Gasteiger partial charge in [0.1, 0.15) is 17.1 Å². The van der Waals surface area contributed by atoms with Crippen LogP contribution in [0.5, 0.6) is 11.5 Å². The van der Waals surface area contributed by atoms with E-state index in [1.165, 1.54) is 24.3 Å². The molecule has 0 unspecified atom stereocenters. The van der Waals surface area contributed by atoms with Crippen LogP contribution in [0.1, 0.15) is 48.2 Å². The molecule has 0 aliphatic rings. The van der Waals surface area contributed by atoms with E-state index >= 15 is 0 Å². The predicted molar refractivity (Wildman–Crippen MR) is 158 cm³/mol. The maximum atomic E-state index is 11.6. The van der Waals surface area contributed by atoms with Gasteiger partial charge < -0.3 is 14.8 Å². The number of benzene rings is 3. The molecule has 0 aliphatic heterocycles. The van der Waals surface area contributed by atoms with Gasteiger partial charge in [0, 0.05) is 34.8 Å². The molecule has 13 nitrogen and oxygen atoms in total. The van der Waals surface area contributed by atoms with Crippen LogP contribution in [0.2, 0.25) is 10.0 Å². The fraction of sp³-hybridized carbons (Fsp3) is 0.296. The highest BCUT2D eigenvalue weighted by atomic mass is 35.5. The zero-order chi connectivity index (χ0) is 31.7. The number of hydrogen-bond acceptors (Lipinski definition) is 10. The molecule has 0 bridgehead atoms. The number of nitrogens with zero attached hydrogens (tertiary/aromatic N) is 3. The summed E-state index contributed by atoms with van der Waals surface area (Å²) in [7, 11) is 1.13. The molecule has 0 saturated carbocycles. The van der Waals surface area contributed by atoms with Crippen molar-refractivity contribution in [3.8, 4) is 11.5 Å². The SMILES string of the molecule is CCC(CC)Nc1c([N+](=O)[O-])cc(C)c(C)c1[N+](=O)[O-].COC(=O)c1cc(Oc2ccc(Cl)cc2Cl)ccc1[N+](=O)[O-]. The lowest BCUT2D eigenvalue weighted by Gasteiger charge is -2.17. The number of carbonyl (C=O) groups excluding carboxylic acids is 1. The number of ether oxygens (including phenoxy) is 2. The highest BCUT2D eigenvalue weighted by Gasteiger charge is 2.30. The van der Waals surface area contributed by atoms with E-state index in [0.29, 0.717) is 21.9 Å². The lowest BCUT2D eigenvalue weighted by atomic mass is 10.0. The van der Waals surface area contributed by atoms with Gasteiger partial charge in [0.05, 0.1) is 26.9 Å². The van der Waals surface area contributed by atoms with Crippen LogP contribution in [0, 0.1) is 44.2 Å². The van der Waals surface area contributed by atoms with Gasteiger partial charge in [-0.2, -0.15) is 0 Å². The Morgan fingerprint density at radius 2 is 1.52 bits per heavy atom. The number of methoxy groups -OCH3 is 1. The van der Waals surface area contributed by atoms with Gasteiger partial charge >= 0.3 is 11.7 Å². The summed E-state index contributed by atoms with van der Waals surface area (Å²) in [6, 6.07) is 9.70.